The van der Waals surface area contributed by atoms with E-state index < -0.39 is 0 Å². The number of rotatable bonds is 4. The van der Waals surface area contributed by atoms with E-state index in [4.69, 9.17) is 0 Å². The first-order valence-electron chi connectivity index (χ1n) is 8.49. The summed E-state index contributed by atoms with van der Waals surface area (Å²) in [5.74, 6) is -0.0179. The topological polar surface area (TPSA) is 74.3 Å². The van der Waals surface area contributed by atoms with E-state index in [1.807, 2.05) is 42.2 Å². The van der Waals surface area contributed by atoms with Crippen LogP contribution in [0.2, 0.25) is 0 Å². The van der Waals surface area contributed by atoms with Gasteiger partial charge in [-0.25, -0.2) is 4.79 Å². The lowest BCUT2D eigenvalue weighted by atomic mass is 10.1. The minimum absolute atomic E-state index is 0.0179. The number of aromatic nitrogens is 1. The highest BCUT2D eigenvalue weighted by atomic mass is 16.2. The summed E-state index contributed by atoms with van der Waals surface area (Å²) in [4.78, 5) is 31.0. The molecule has 2 N–H and O–H groups in total. The summed E-state index contributed by atoms with van der Waals surface area (Å²) < 4.78 is 0. The average molecular weight is 338 g/mol. The van der Waals surface area contributed by atoms with Crippen LogP contribution >= 0.6 is 0 Å². The zero-order chi connectivity index (χ0) is 17.6. The molecule has 0 unspecified atom stereocenters. The molecule has 2 heterocycles. The number of urea groups is 1. The molecule has 0 aliphatic carbocycles. The number of nitrogens with zero attached hydrogens (tertiary/aromatic N) is 2. The lowest BCUT2D eigenvalue weighted by Crippen LogP contribution is -2.32. The van der Waals surface area contributed by atoms with Crippen LogP contribution in [-0.2, 0) is 6.54 Å². The highest BCUT2D eigenvalue weighted by molar-refractivity contribution is 6.04. The number of carbonyl (C=O) groups excluding carboxylic acids is 2. The predicted molar refractivity (Wildman–Crippen MR) is 96.4 cm³/mol. The minimum atomic E-state index is -0.355. The second-order valence-electron chi connectivity index (χ2n) is 6.13. The van der Waals surface area contributed by atoms with Crippen LogP contribution in [-0.4, -0.2) is 34.9 Å². The molecule has 6 heteroatoms. The molecule has 1 aliphatic rings. The molecule has 3 rings (SSSR count). The molecule has 130 valence electrons. The van der Waals surface area contributed by atoms with Gasteiger partial charge in [0.2, 0.25) is 0 Å². The van der Waals surface area contributed by atoms with Gasteiger partial charge in [0.15, 0.2) is 0 Å². The van der Waals surface area contributed by atoms with E-state index in [0.717, 1.165) is 37.2 Å². The minimum Gasteiger partial charge on any atom is -0.339 e. The smallest absolute Gasteiger partial charge is 0.319 e. The summed E-state index contributed by atoms with van der Waals surface area (Å²) in [5, 5.41) is 5.57. The Labute approximate surface area is 147 Å². The fourth-order valence-corrected chi connectivity index (χ4v) is 2.97. The molecule has 3 amide bonds. The summed E-state index contributed by atoms with van der Waals surface area (Å²) in [5.41, 5.74) is 2.74. The first-order valence-corrected chi connectivity index (χ1v) is 8.49. The van der Waals surface area contributed by atoms with Gasteiger partial charge in [-0.15, -0.1) is 0 Å². The van der Waals surface area contributed by atoms with Gasteiger partial charge >= 0.3 is 6.03 Å². The Morgan fingerprint density at radius 2 is 1.92 bits per heavy atom. The van der Waals surface area contributed by atoms with Crippen LogP contribution in [0.15, 0.2) is 42.6 Å². The monoisotopic (exact) mass is 338 g/mol. The first kappa shape index (κ1) is 17.0. The lowest BCUT2D eigenvalue weighted by molar-refractivity contribution is 0.0793. The third-order valence-electron chi connectivity index (χ3n) is 4.28. The van der Waals surface area contributed by atoms with Crippen molar-refractivity contribution in [2.24, 2.45) is 0 Å². The maximum absolute atomic E-state index is 12.8. The molecule has 1 fully saturated rings. The number of pyridine rings is 1. The number of amides is 3. The quantitative estimate of drug-likeness (QED) is 0.900. The van der Waals surface area contributed by atoms with Crippen molar-refractivity contribution in [3.8, 4) is 0 Å². The Kier molecular flexibility index (Phi) is 5.28. The Morgan fingerprint density at radius 1 is 1.12 bits per heavy atom. The highest BCUT2D eigenvalue weighted by Gasteiger charge is 2.24. The van der Waals surface area contributed by atoms with Crippen molar-refractivity contribution in [3.05, 3.63) is 59.4 Å². The van der Waals surface area contributed by atoms with E-state index in [-0.39, 0.29) is 11.9 Å². The van der Waals surface area contributed by atoms with Gasteiger partial charge in [-0.3, -0.25) is 9.78 Å². The third kappa shape index (κ3) is 4.15. The maximum Gasteiger partial charge on any atom is 0.319 e. The second kappa shape index (κ2) is 7.79. The van der Waals surface area contributed by atoms with Crippen molar-refractivity contribution in [2.45, 2.75) is 26.3 Å². The van der Waals surface area contributed by atoms with Crippen molar-refractivity contribution in [3.63, 3.8) is 0 Å². The Bertz CT molecular complexity index is 755. The van der Waals surface area contributed by atoms with E-state index in [1.54, 1.807) is 12.3 Å². The standard InChI is InChI=1S/C19H22N4O2/c1-14-7-6-9-16(17(14)18(24)23-11-4-5-12-23)22-19(25)21-13-15-8-2-3-10-20-15/h2-3,6-10H,4-5,11-13H2,1H3,(H2,21,22,25). The predicted octanol–water partition coefficient (Wildman–Crippen LogP) is 2.95. The van der Waals surface area contributed by atoms with Gasteiger partial charge in [0.05, 0.1) is 23.5 Å². The normalized spacial score (nSPS) is 13.6. The van der Waals surface area contributed by atoms with Gasteiger partial charge in [-0.2, -0.15) is 0 Å². The van der Waals surface area contributed by atoms with E-state index in [2.05, 4.69) is 15.6 Å². The fourth-order valence-electron chi connectivity index (χ4n) is 2.97. The molecule has 0 atom stereocenters. The number of carbonyl (C=O) groups is 2. The van der Waals surface area contributed by atoms with Crippen LogP contribution in [0, 0.1) is 6.92 Å². The average Bonchev–Trinajstić information content (AvgIpc) is 3.15. The largest absolute Gasteiger partial charge is 0.339 e. The molecular formula is C19H22N4O2. The molecule has 1 aromatic heterocycles. The number of benzene rings is 1. The number of anilines is 1. The molecule has 0 radical (unpaired) electrons. The molecule has 6 nitrogen and oxygen atoms in total. The first-order chi connectivity index (χ1) is 12.1. The van der Waals surface area contributed by atoms with E-state index >= 15 is 0 Å². The van der Waals surface area contributed by atoms with Crippen LogP contribution < -0.4 is 10.6 Å². The number of hydrogen-bond donors (Lipinski definition) is 2. The fraction of sp³-hybridized carbons (Fsp3) is 0.316. The Hall–Kier alpha value is -2.89. The van der Waals surface area contributed by atoms with Gasteiger partial charge in [-0.05, 0) is 43.5 Å². The lowest BCUT2D eigenvalue weighted by Gasteiger charge is -2.19. The third-order valence-corrected chi connectivity index (χ3v) is 4.28. The maximum atomic E-state index is 12.8. The SMILES string of the molecule is Cc1cccc(NC(=O)NCc2ccccn2)c1C(=O)N1CCCC1. The van der Waals surface area contributed by atoms with Gasteiger partial charge in [0.1, 0.15) is 0 Å². The van der Waals surface area contributed by atoms with Gasteiger partial charge in [0.25, 0.3) is 5.91 Å². The van der Waals surface area contributed by atoms with Gasteiger partial charge in [0, 0.05) is 19.3 Å². The Balaban J connectivity index is 1.70. The van der Waals surface area contributed by atoms with Crippen molar-refractivity contribution in [2.75, 3.05) is 18.4 Å². The van der Waals surface area contributed by atoms with Crippen molar-refractivity contribution in [1.29, 1.82) is 0 Å². The molecule has 1 aliphatic heterocycles. The summed E-state index contributed by atoms with van der Waals surface area (Å²) in [6.45, 7) is 3.77. The summed E-state index contributed by atoms with van der Waals surface area (Å²) >= 11 is 0. The van der Waals surface area contributed by atoms with E-state index in [0.29, 0.717) is 17.8 Å². The van der Waals surface area contributed by atoms with Crippen LogP contribution in [0.4, 0.5) is 10.5 Å². The van der Waals surface area contributed by atoms with Gasteiger partial charge in [-0.1, -0.05) is 18.2 Å². The summed E-state index contributed by atoms with van der Waals surface area (Å²) in [6, 6.07) is 10.7. The summed E-state index contributed by atoms with van der Waals surface area (Å²) in [6.07, 6.45) is 3.75. The molecule has 2 aromatic rings. The highest BCUT2D eigenvalue weighted by Crippen LogP contribution is 2.23. The number of likely N-dealkylation sites (tertiary alicyclic amines) is 1. The van der Waals surface area contributed by atoms with Crippen molar-refractivity contribution < 1.29 is 9.59 Å². The molecule has 0 bridgehead atoms. The molecule has 25 heavy (non-hydrogen) atoms. The molecule has 1 saturated heterocycles. The zero-order valence-electron chi connectivity index (χ0n) is 14.3. The number of nitrogens with one attached hydrogen (secondary N) is 2. The van der Waals surface area contributed by atoms with Crippen molar-refractivity contribution in [1.82, 2.24) is 15.2 Å². The molecule has 1 aromatic carbocycles. The Morgan fingerprint density at radius 3 is 2.64 bits per heavy atom. The molecule has 0 saturated carbocycles. The second-order valence-corrected chi connectivity index (χ2v) is 6.13. The number of aryl methyl sites for hydroxylation is 1. The van der Waals surface area contributed by atoms with E-state index in [9.17, 15) is 9.59 Å². The van der Waals surface area contributed by atoms with Crippen LogP contribution in [0.5, 0.6) is 0 Å². The zero-order valence-corrected chi connectivity index (χ0v) is 14.3. The number of hydrogen-bond acceptors (Lipinski definition) is 3. The molecule has 0 spiro atoms. The van der Waals surface area contributed by atoms with Crippen molar-refractivity contribution >= 4 is 17.6 Å². The van der Waals surface area contributed by atoms with Crippen LogP contribution in [0.3, 0.4) is 0 Å². The summed E-state index contributed by atoms with van der Waals surface area (Å²) in [7, 11) is 0. The van der Waals surface area contributed by atoms with Crippen LogP contribution in [0.25, 0.3) is 0 Å². The van der Waals surface area contributed by atoms with Crippen LogP contribution in [0.1, 0.15) is 34.5 Å². The van der Waals surface area contributed by atoms with Gasteiger partial charge < -0.3 is 15.5 Å². The van der Waals surface area contributed by atoms with E-state index in [1.165, 1.54) is 0 Å². The molecular weight excluding hydrogens is 316 g/mol.